The van der Waals surface area contributed by atoms with Crippen LogP contribution in [0.4, 0.5) is 0 Å². The van der Waals surface area contributed by atoms with Gasteiger partial charge in [0.2, 0.25) is 0 Å². The summed E-state index contributed by atoms with van der Waals surface area (Å²) in [5, 5.41) is 0.450. The highest BCUT2D eigenvalue weighted by Gasteiger charge is 2.22. The molecule has 6 rings (SSSR count). The van der Waals surface area contributed by atoms with Crippen LogP contribution in [-0.4, -0.2) is 37.8 Å². The molecule has 0 radical (unpaired) electrons. The lowest BCUT2D eigenvalue weighted by atomic mass is 10.3. The third-order valence-corrected chi connectivity index (χ3v) is 6.35. The van der Waals surface area contributed by atoms with Crippen molar-refractivity contribution >= 4 is 33.2 Å². The molecule has 0 N–H and O–H groups in total. The topological polar surface area (TPSA) is 84.1 Å². The van der Waals surface area contributed by atoms with Crippen molar-refractivity contribution in [2.45, 2.75) is 19.9 Å². The number of aromatic nitrogens is 5. The zero-order chi connectivity index (χ0) is 25.4. The minimum Gasteiger partial charge on any atom is -0.457 e. The summed E-state index contributed by atoms with van der Waals surface area (Å²) in [6.07, 6.45) is 0.600. The summed E-state index contributed by atoms with van der Waals surface area (Å²) in [7, 11) is 1.62. The lowest BCUT2D eigenvalue weighted by Crippen LogP contribution is -2.27. The van der Waals surface area contributed by atoms with E-state index in [1.165, 1.54) is 0 Å². The van der Waals surface area contributed by atoms with E-state index >= 15 is 0 Å². The molecule has 0 aliphatic rings. The zero-order valence-electron chi connectivity index (χ0n) is 20.6. The number of benzene rings is 3. The summed E-state index contributed by atoms with van der Waals surface area (Å²) >= 11 is 0. The Hall–Kier alpha value is -4.56. The van der Waals surface area contributed by atoms with Crippen LogP contribution in [0.5, 0.6) is 11.5 Å². The van der Waals surface area contributed by atoms with Gasteiger partial charge in [-0.05, 0) is 48.5 Å². The normalized spacial score (nSPS) is 11.5. The predicted octanol–water partition coefficient (Wildman–Crippen LogP) is 5.28. The summed E-state index contributed by atoms with van der Waals surface area (Å²) in [5.41, 5.74) is 3.80. The number of hydrogen-bond donors (Lipinski definition) is 0. The van der Waals surface area contributed by atoms with Gasteiger partial charge in [0.25, 0.3) is 5.56 Å². The minimum atomic E-state index is -0.142. The molecule has 3 aromatic carbocycles. The van der Waals surface area contributed by atoms with Crippen LogP contribution in [-0.2, 0) is 17.7 Å². The van der Waals surface area contributed by atoms with Crippen LogP contribution < -0.4 is 10.3 Å². The lowest BCUT2D eigenvalue weighted by molar-refractivity contribution is 0.185. The number of nitrogens with zero attached hydrogens (tertiary/aromatic N) is 5. The van der Waals surface area contributed by atoms with Crippen molar-refractivity contribution in [3.8, 4) is 17.2 Å². The molecule has 3 heterocycles. The Morgan fingerprint density at radius 2 is 1.46 bits per heavy atom. The molecule has 0 aliphatic heterocycles. The lowest BCUT2D eigenvalue weighted by Gasteiger charge is -2.12. The number of ether oxygens (including phenoxy) is 2. The van der Waals surface area contributed by atoms with Crippen molar-refractivity contribution in [1.29, 1.82) is 0 Å². The van der Waals surface area contributed by atoms with E-state index in [1.54, 1.807) is 11.7 Å². The highest BCUT2D eigenvalue weighted by atomic mass is 16.5. The first-order valence-electron chi connectivity index (χ1n) is 12.2. The standard InChI is InChI=1S/C29H25N5O3/c1-3-24-32-27-25(29(35)33(24)17-18-36-2)26-28(31-23-12-8-7-11-22(23)30-26)34(27)19-13-15-21(16-14-19)37-20-9-5-4-6-10-20/h4-16H,3,17-18H2,1-2H3. The zero-order valence-corrected chi connectivity index (χ0v) is 20.6. The fraction of sp³-hybridized carbons (Fsp3) is 0.172. The number of rotatable bonds is 7. The maximum atomic E-state index is 13.8. The number of aryl methyl sites for hydroxylation is 1. The van der Waals surface area contributed by atoms with Crippen molar-refractivity contribution in [2.75, 3.05) is 13.7 Å². The largest absolute Gasteiger partial charge is 0.457 e. The number of hydrogen-bond acceptors (Lipinski definition) is 6. The Labute approximate surface area is 212 Å². The molecule has 8 heteroatoms. The van der Waals surface area contributed by atoms with Crippen LogP contribution >= 0.6 is 0 Å². The van der Waals surface area contributed by atoms with E-state index in [0.29, 0.717) is 53.3 Å². The van der Waals surface area contributed by atoms with Crippen molar-refractivity contribution in [1.82, 2.24) is 24.1 Å². The van der Waals surface area contributed by atoms with Crippen LogP contribution in [0.1, 0.15) is 12.7 Å². The molecule has 6 aromatic rings. The van der Waals surface area contributed by atoms with Gasteiger partial charge in [-0.25, -0.2) is 15.0 Å². The van der Waals surface area contributed by atoms with Crippen molar-refractivity contribution < 1.29 is 9.47 Å². The highest BCUT2D eigenvalue weighted by molar-refractivity contribution is 6.05. The monoisotopic (exact) mass is 491 g/mol. The SMILES string of the molecule is CCc1nc2c(c(=O)n1CCOC)c1nc3ccccc3nc1n2-c1ccc(Oc2ccccc2)cc1. The first-order valence-corrected chi connectivity index (χ1v) is 12.2. The molecule has 0 saturated carbocycles. The fourth-order valence-electron chi connectivity index (χ4n) is 4.59. The third kappa shape index (κ3) is 4.01. The van der Waals surface area contributed by atoms with Crippen LogP contribution in [0.3, 0.4) is 0 Å². The van der Waals surface area contributed by atoms with Gasteiger partial charge >= 0.3 is 0 Å². The molecule has 0 saturated heterocycles. The molecule has 0 aliphatic carbocycles. The molecule has 0 spiro atoms. The van der Waals surface area contributed by atoms with Crippen LogP contribution in [0.2, 0.25) is 0 Å². The van der Waals surface area contributed by atoms with E-state index in [1.807, 2.05) is 90.4 Å². The molecule has 0 bridgehead atoms. The van der Waals surface area contributed by atoms with Gasteiger partial charge in [0, 0.05) is 19.2 Å². The van der Waals surface area contributed by atoms with Gasteiger partial charge in [0.1, 0.15) is 28.2 Å². The Balaban J connectivity index is 1.60. The number of methoxy groups -OCH3 is 1. The molecular formula is C29H25N5O3. The van der Waals surface area contributed by atoms with Gasteiger partial charge in [0.15, 0.2) is 11.3 Å². The van der Waals surface area contributed by atoms with Gasteiger partial charge in [-0.15, -0.1) is 0 Å². The Morgan fingerprint density at radius 1 is 0.784 bits per heavy atom. The molecule has 37 heavy (non-hydrogen) atoms. The van der Waals surface area contributed by atoms with E-state index in [9.17, 15) is 4.79 Å². The molecule has 184 valence electrons. The number of fused-ring (bicyclic) bond motifs is 4. The van der Waals surface area contributed by atoms with Gasteiger partial charge in [0.05, 0.1) is 24.2 Å². The molecule has 0 amide bonds. The Bertz CT molecular complexity index is 1790. The maximum absolute atomic E-state index is 13.8. The third-order valence-electron chi connectivity index (χ3n) is 6.35. The molecule has 0 fully saturated rings. The maximum Gasteiger partial charge on any atom is 0.265 e. The molecule has 8 nitrogen and oxygen atoms in total. The summed E-state index contributed by atoms with van der Waals surface area (Å²) < 4.78 is 14.8. The van der Waals surface area contributed by atoms with E-state index in [2.05, 4.69) is 0 Å². The Morgan fingerprint density at radius 3 is 2.16 bits per heavy atom. The van der Waals surface area contributed by atoms with Crippen LogP contribution in [0.15, 0.2) is 83.7 Å². The number of para-hydroxylation sites is 3. The average molecular weight is 492 g/mol. The second kappa shape index (κ2) is 9.48. The molecular weight excluding hydrogens is 466 g/mol. The van der Waals surface area contributed by atoms with Gasteiger partial charge in [-0.3, -0.25) is 13.9 Å². The first kappa shape index (κ1) is 22.9. The summed E-state index contributed by atoms with van der Waals surface area (Å²) in [4.78, 5) is 28.6. The van der Waals surface area contributed by atoms with E-state index in [-0.39, 0.29) is 5.56 Å². The highest BCUT2D eigenvalue weighted by Crippen LogP contribution is 2.30. The van der Waals surface area contributed by atoms with Gasteiger partial charge < -0.3 is 9.47 Å². The predicted molar refractivity (Wildman–Crippen MR) is 144 cm³/mol. The Kier molecular flexibility index (Phi) is 5.86. The second-order valence-corrected chi connectivity index (χ2v) is 8.66. The van der Waals surface area contributed by atoms with Crippen molar-refractivity contribution in [3.63, 3.8) is 0 Å². The summed E-state index contributed by atoms with van der Waals surface area (Å²) in [6, 6.07) is 25.0. The quantitative estimate of drug-likeness (QED) is 0.302. The second-order valence-electron chi connectivity index (χ2n) is 8.66. The molecule has 3 aromatic heterocycles. The molecule has 0 unspecified atom stereocenters. The van der Waals surface area contributed by atoms with E-state index in [0.717, 1.165) is 22.5 Å². The minimum absolute atomic E-state index is 0.142. The van der Waals surface area contributed by atoms with Crippen molar-refractivity contribution in [2.24, 2.45) is 0 Å². The van der Waals surface area contributed by atoms with Crippen molar-refractivity contribution in [3.05, 3.63) is 95.0 Å². The summed E-state index contributed by atoms with van der Waals surface area (Å²) in [5.74, 6) is 2.15. The van der Waals surface area contributed by atoms with E-state index < -0.39 is 0 Å². The van der Waals surface area contributed by atoms with Crippen LogP contribution in [0, 0.1) is 0 Å². The smallest absolute Gasteiger partial charge is 0.265 e. The van der Waals surface area contributed by atoms with E-state index in [4.69, 9.17) is 24.4 Å². The average Bonchev–Trinajstić information content (AvgIpc) is 3.25. The van der Waals surface area contributed by atoms with Gasteiger partial charge in [-0.1, -0.05) is 37.3 Å². The summed E-state index contributed by atoms with van der Waals surface area (Å²) in [6.45, 7) is 2.82. The molecule has 0 atom stereocenters. The van der Waals surface area contributed by atoms with Gasteiger partial charge in [-0.2, -0.15) is 0 Å². The fourth-order valence-corrected chi connectivity index (χ4v) is 4.59. The van der Waals surface area contributed by atoms with Crippen LogP contribution in [0.25, 0.3) is 38.9 Å². The first-order chi connectivity index (χ1) is 18.2.